The number of benzene rings is 2. The second kappa shape index (κ2) is 10.3. The fourth-order valence-electron chi connectivity index (χ4n) is 4.11. The van der Waals surface area contributed by atoms with E-state index >= 15 is 0 Å². The summed E-state index contributed by atoms with van der Waals surface area (Å²) in [5, 5.41) is 8.92. The molecule has 0 radical (unpaired) electrons. The second-order valence-electron chi connectivity index (χ2n) is 8.19. The molecule has 0 aliphatic carbocycles. The fraction of sp³-hybridized carbons (Fsp3) is 0.400. The van der Waals surface area contributed by atoms with Crippen molar-refractivity contribution < 1.29 is 19.1 Å². The maximum atomic E-state index is 12.8. The van der Waals surface area contributed by atoms with Gasteiger partial charge in [-0.1, -0.05) is 0 Å². The van der Waals surface area contributed by atoms with Crippen LogP contribution < -0.4 is 4.74 Å². The van der Waals surface area contributed by atoms with Gasteiger partial charge in [0.1, 0.15) is 5.75 Å². The van der Waals surface area contributed by atoms with Gasteiger partial charge in [-0.3, -0.25) is 9.59 Å². The lowest BCUT2D eigenvalue weighted by molar-refractivity contribution is 0.0303. The van der Waals surface area contributed by atoms with Gasteiger partial charge >= 0.3 is 0 Å². The highest BCUT2D eigenvalue weighted by molar-refractivity contribution is 5.95. The Bertz CT molecular complexity index is 976. The highest BCUT2D eigenvalue weighted by Crippen LogP contribution is 2.21. The minimum Gasteiger partial charge on any atom is -0.493 e. The van der Waals surface area contributed by atoms with E-state index in [1.54, 1.807) is 41.3 Å². The molecule has 0 bridgehead atoms. The molecule has 32 heavy (non-hydrogen) atoms. The number of amides is 2. The van der Waals surface area contributed by atoms with E-state index in [-0.39, 0.29) is 17.7 Å². The Labute approximate surface area is 188 Å². The summed E-state index contributed by atoms with van der Waals surface area (Å²) in [6.45, 7) is 4.30. The van der Waals surface area contributed by atoms with Crippen molar-refractivity contribution in [2.24, 2.45) is 5.92 Å². The van der Waals surface area contributed by atoms with E-state index < -0.39 is 0 Å². The standard InChI is InChI=1S/C25H27N3O4/c26-16-19-3-5-21(6-4-19)25(30)28-11-1-2-20(17-28)18-32-23-9-7-22(8-10-23)24(29)27-12-14-31-15-13-27/h3-10,20H,1-2,11-15,17-18H2. The second-order valence-corrected chi connectivity index (χ2v) is 8.19. The predicted molar refractivity (Wildman–Crippen MR) is 118 cm³/mol. The molecule has 7 heteroatoms. The molecule has 4 rings (SSSR count). The normalized spacial score (nSPS) is 18.7. The Balaban J connectivity index is 1.29. The topological polar surface area (TPSA) is 82.9 Å². The van der Waals surface area contributed by atoms with Crippen molar-refractivity contribution in [1.29, 1.82) is 5.26 Å². The molecule has 2 aliphatic rings. The lowest BCUT2D eigenvalue weighted by atomic mass is 9.98. The Kier molecular flexibility index (Phi) is 7.03. The quantitative estimate of drug-likeness (QED) is 0.724. The maximum absolute atomic E-state index is 12.8. The summed E-state index contributed by atoms with van der Waals surface area (Å²) < 4.78 is 11.3. The van der Waals surface area contributed by atoms with E-state index in [1.807, 2.05) is 17.0 Å². The number of carbonyl (C=O) groups excluding carboxylic acids is 2. The largest absolute Gasteiger partial charge is 0.493 e. The van der Waals surface area contributed by atoms with Crippen LogP contribution in [0.3, 0.4) is 0 Å². The number of carbonyl (C=O) groups is 2. The van der Waals surface area contributed by atoms with Crippen LogP contribution in [0.15, 0.2) is 48.5 Å². The van der Waals surface area contributed by atoms with Gasteiger partial charge in [-0.15, -0.1) is 0 Å². The van der Waals surface area contributed by atoms with Crippen molar-refractivity contribution >= 4 is 11.8 Å². The van der Waals surface area contributed by atoms with Crippen LogP contribution in [-0.2, 0) is 4.74 Å². The van der Waals surface area contributed by atoms with Crippen molar-refractivity contribution in [2.75, 3.05) is 46.0 Å². The average molecular weight is 434 g/mol. The number of hydrogen-bond acceptors (Lipinski definition) is 5. The van der Waals surface area contributed by atoms with Crippen LogP contribution >= 0.6 is 0 Å². The molecule has 0 saturated carbocycles. The molecule has 166 valence electrons. The van der Waals surface area contributed by atoms with Gasteiger partial charge in [0.25, 0.3) is 11.8 Å². The number of nitriles is 1. The monoisotopic (exact) mass is 433 g/mol. The van der Waals surface area contributed by atoms with E-state index in [1.165, 1.54) is 0 Å². The number of morpholine rings is 1. The highest BCUT2D eigenvalue weighted by atomic mass is 16.5. The number of ether oxygens (including phenoxy) is 2. The summed E-state index contributed by atoms with van der Waals surface area (Å²) in [5.74, 6) is 0.981. The Morgan fingerprint density at radius 3 is 2.22 bits per heavy atom. The Morgan fingerprint density at radius 1 is 0.938 bits per heavy atom. The van der Waals surface area contributed by atoms with E-state index in [2.05, 4.69) is 6.07 Å². The summed E-state index contributed by atoms with van der Waals surface area (Å²) in [7, 11) is 0. The van der Waals surface area contributed by atoms with Gasteiger partial charge in [0, 0.05) is 43.2 Å². The summed E-state index contributed by atoms with van der Waals surface area (Å²) >= 11 is 0. The third kappa shape index (κ3) is 5.27. The van der Waals surface area contributed by atoms with Gasteiger partial charge < -0.3 is 19.3 Å². The molecule has 2 aromatic carbocycles. The first-order chi connectivity index (χ1) is 15.6. The van der Waals surface area contributed by atoms with Gasteiger partial charge in [-0.25, -0.2) is 0 Å². The first kappa shape index (κ1) is 21.8. The predicted octanol–water partition coefficient (Wildman–Crippen LogP) is 2.96. The first-order valence-corrected chi connectivity index (χ1v) is 11.0. The summed E-state index contributed by atoms with van der Waals surface area (Å²) in [4.78, 5) is 29.0. The zero-order valence-electron chi connectivity index (χ0n) is 18.0. The lowest BCUT2D eigenvalue weighted by Gasteiger charge is -2.32. The van der Waals surface area contributed by atoms with Crippen LogP contribution in [0.5, 0.6) is 5.75 Å². The molecule has 2 saturated heterocycles. The van der Waals surface area contributed by atoms with E-state index in [0.717, 1.165) is 25.1 Å². The van der Waals surface area contributed by atoms with Gasteiger partial charge in [-0.05, 0) is 61.4 Å². The molecule has 2 aromatic rings. The van der Waals surface area contributed by atoms with Crippen molar-refractivity contribution in [1.82, 2.24) is 9.80 Å². The number of rotatable bonds is 5. The van der Waals surface area contributed by atoms with Crippen LogP contribution in [0.25, 0.3) is 0 Å². The summed E-state index contributed by atoms with van der Waals surface area (Å²) in [6, 6.07) is 16.1. The number of likely N-dealkylation sites (tertiary alicyclic amines) is 1. The van der Waals surface area contributed by atoms with Crippen LogP contribution in [0.1, 0.15) is 39.1 Å². The molecule has 0 spiro atoms. The third-order valence-corrected chi connectivity index (χ3v) is 5.95. The molecule has 0 N–H and O–H groups in total. The Hall–Kier alpha value is -3.37. The van der Waals surface area contributed by atoms with Gasteiger partial charge in [0.15, 0.2) is 0 Å². The third-order valence-electron chi connectivity index (χ3n) is 5.95. The molecule has 7 nitrogen and oxygen atoms in total. The first-order valence-electron chi connectivity index (χ1n) is 11.0. The molecule has 1 atom stereocenters. The molecule has 2 amide bonds. The summed E-state index contributed by atoms with van der Waals surface area (Å²) in [6.07, 6.45) is 1.94. The fourth-order valence-corrected chi connectivity index (χ4v) is 4.11. The molecule has 2 aliphatic heterocycles. The average Bonchev–Trinajstić information content (AvgIpc) is 2.87. The molecule has 2 heterocycles. The maximum Gasteiger partial charge on any atom is 0.254 e. The van der Waals surface area contributed by atoms with Crippen molar-refractivity contribution in [2.45, 2.75) is 12.8 Å². The van der Waals surface area contributed by atoms with Crippen molar-refractivity contribution in [3.63, 3.8) is 0 Å². The number of hydrogen-bond donors (Lipinski definition) is 0. The zero-order chi connectivity index (χ0) is 22.3. The van der Waals surface area contributed by atoms with Crippen LogP contribution in [0, 0.1) is 17.2 Å². The molecular formula is C25H27N3O4. The molecular weight excluding hydrogens is 406 g/mol. The lowest BCUT2D eigenvalue weighted by Crippen LogP contribution is -2.41. The highest BCUT2D eigenvalue weighted by Gasteiger charge is 2.25. The smallest absolute Gasteiger partial charge is 0.254 e. The van der Waals surface area contributed by atoms with Gasteiger partial charge in [0.2, 0.25) is 0 Å². The van der Waals surface area contributed by atoms with E-state index in [9.17, 15) is 9.59 Å². The number of piperidine rings is 1. The molecule has 0 aromatic heterocycles. The van der Waals surface area contributed by atoms with Gasteiger partial charge in [0.05, 0.1) is 31.5 Å². The summed E-state index contributed by atoms with van der Waals surface area (Å²) in [5.41, 5.74) is 1.80. The minimum absolute atomic E-state index is 0.00910. The minimum atomic E-state index is -0.00910. The molecule has 1 unspecified atom stereocenters. The van der Waals surface area contributed by atoms with E-state index in [0.29, 0.717) is 56.1 Å². The van der Waals surface area contributed by atoms with Crippen LogP contribution in [-0.4, -0.2) is 67.6 Å². The zero-order valence-corrected chi connectivity index (χ0v) is 18.0. The van der Waals surface area contributed by atoms with Crippen molar-refractivity contribution in [3.05, 3.63) is 65.2 Å². The Morgan fingerprint density at radius 2 is 1.56 bits per heavy atom. The van der Waals surface area contributed by atoms with E-state index in [4.69, 9.17) is 14.7 Å². The van der Waals surface area contributed by atoms with Crippen LogP contribution in [0.2, 0.25) is 0 Å². The number of nitrogens with zero attached hydrogens (tertiary/aromatic N) is 3. The van der Waals surface area contributed by atoms with Gasteiger partial charge in [-0.2, -0.15) is 5.26 Å². The van der Waals surface area contributed by atoms with Crippen molar-refractivity contribution in [3.8, 4) is 11.8 Å². The SMILES string of the molecule is N#Cc1ccc(C(=O)N2CCCC(COc3ccc(C(=O)N4CCOCC4)cc3)C2)cc1. The van der Waals surface area contributed by atoms with Crippen LogP contribution in [0.4, 0.5) is 0 Å². The molecule has 2 fully saturated rings.